The van der Waals surface area contributed by atoms with Crippen molar-refractivity contribution in [1.29, 1.82) is 0 Å². The first-order chi connectivity index (χ1) is 9.77. The second-order valence-electron chi connectivity index (χ2n) is 4.28. The Morgan fingerprint density at radius 1 is 1.00 bits per heavy atom. The third-order valence-electron chi connectivity index (χ3n) is 2.72. The fourth-order valence-corrected chi connectivity index (χ4v) is 2.08. The van der Waals surface area contributed by atoms with E-state index in [1.54, 1.807) is 6.07 Å². The third kappa shape index (κ3) is 5.40. The standard InChI is InChI=1S/C13H8BCl2F4O.K/c15-9-1-3-12(16)8(5-9)7-21-13-4-2-10(17)6-11(13)14(18,19)20;/h1-6H,7H2;/q-1;+1. The van der Waals surface area contributed by atoms with Crippen LogP contribution < -0.4 is 61.6 Å². The van der Waals surface area contributed by atoms with Crippen LogP contribution in [-0.2, 0) is 6.61 Å². The minimum absolute atomic E-state index is 0. The molecule has 2 aromatic rings. The van der Waals surface area contributed by atoms with E-state index in [1.165, 1.54) is 12.1 Å². The summed E-state index contributed by atoms with van der Waals surface area (Å²) in [5.74, 6) is -1.42. The van der Waals surface area contributed by atoms with Gasteiger partial charge in [-0.25, -0.2) is 4.39 Å². The summed E-state index contributed by atoms with van der Waals surface area (Å²) in [5, 5.41) is 0.706. The van der Waals surface area contributed by atoms with Gasteiger partial charge in [0.2, 0.25) is 0 Å². The summed E-state index contributed by atoms with van der Waals surface area (Å²) in [6.07, 6.45) is 0. The molecule has 0 aliphatic heterocycles. The van der Waals surface area contributed by atoms with Crippen LogP contribution in [0.3, 0.4) is 0 Å². The van der Waals surface area contributed by atoms with Crippen LogP contribution in [0.4, 0.5) is 17.3 Å². The van der Waals surface area contributed by atoms with Crippen molar-refractivity contribution in [3.8, 4) is 5.75 Å². The van der Waals surface area contributed by atoms with Gasteiger partial charge in [-0.3, -0.25) is 0 Å². The van der Waals surface area contributed by atoms with Gasteiger partial charge in [-0.05, 0) is 36.4 Å². The molecule has 0 saturated carbocycles. The Kier molecular flexibility index (Phi) is 7.72. The Hall–Kier alpha value is 0.241. The molecule has 0 atom stereocenters. The summed E-state index contributed by atoms with van der Waals surface area (Å²) in [6, 6.07) is 6.82. The predicted octanol–water partition coefficient (Wildman–Crippen LogP) is 1.77. The summed E-state index contributed by atoms with van der Waals surface area (Å²) in [6.45, 7) is -5.58. The number of hydrogen-bond acceptors (Lipinski definition) is 1. The molecular weight excluding hydrogens is 369 g/mol. The zero-order valence-electron chi connectivity index (χ0n) is 11.4. The fraction of sp³-hybridized carbons (Fsp3) is 0.0769. The summed E-state index contributed by atoms with van der Waals surface area (Å²) >= 11 is 11.7. The Bertz CT molecular complexity index is 667. The number of halogens is 6. The fourth-order valence-electron chi connectivity index (χ4n) is 1.72. The molecule has 0 fully saturated rings. The summed E-state index contributed by atoms with van der Waals surface area (Å²) < 4.78 is 56.7. The third-order valence-corrected chi connectivity index (χ3v) is 3.32. The molecule has 0 heterocycles. The molecule has 2 rings (SSSR count). The van der Waals surface area contributed by atoms with Crippen molar-refractivity contribution in [2.45, 2.75) is 6.61 Å². The van der Waals surface area contributed by atoms with E-state index in [4.69, 9.17) is 27.9 Å². The van der Waals surface area contributed by atoms with Gasteiger partial charge in [0.1, 0.15) is 12.4 Å². The molecule has 0 aliphatic rings. The Labute approximate surface area is 177 Å². The monoisotopic (exact) mass is 376 g/mol. The number of rotatable bonds is 4. The first-order valence-electron chi connectivity index (χ1n) is 5.83. The van der Waals surface area contributed by atoms with E-state index < -0.39 is 24.0 Å². The molecular formula is C13H8BCl2F4KO. The predicted molar refractivity (Wildman–Crippen MR) is 75.9 cm³/mol. The number of benzene rings is 2. The van der Waals surface area contributed by atoms with Crippen molar-refractivity contribution >= 4 is 35.6 Å². The van der Waals surface area contributed by atoms with Gasteiger partial charge in [-0.2, -0.15) is 0 Å². The van der Waals surface area contributed by atoms with E-state index in [0.29, 0.717) is 21.7 Å². The van der Waals surface area contributed by atoms with Crippen molar-refractivity contribution in [1.82, 2.24) is 0 Å². The molecule has 0 spiro atoms. The molecule has 112 valence electrons. The normalized spacial score (nSPS) is 11.0. The second kappa shape index (κ2) is 8.37. The summed E-state index contributed by atoms with van der Waals surface area (Å²) in [7, 11) is 0. The molecule has 2 aromatic carbocycles. The first-order valence-corrected chi connectivity index (χ1v) is 6.59. The van der Waals surface area contributed by atoms with Gasteiger partial charge in [0.15, 0.2) is 0 Å². The minimum atomic E-state index is -5.38. The zero-order chi connectivity index (χ0) is 15.6. The van der Waals surface area contributed by atoms with E-state index in [0.717, 1.165) is 12.1 Å². The van der Waals surface area contributed by atoms with Crippen LogP contribution in [0.15, 0.2) is 36.4 Å². The molecule has 0 aliphatic carbocycles. The molecule has 0 unspecified atom stereocenters. The molecule has 0 aromatic heterocycles. The van der Waals surface area contributed by atoms with Crippen molar-refractivity contribution in [3.63, 3.8) is 0 Å². The second-order valence-corrected chi connectivity index (χ2v) is 5.12. The maximum Gasteiger partial charge on any atom is 1.00 e. The van der Waals surface area contributed by atoms with Gasteiger partial charge in [0, 0.05) is 15.6 Å². The van der Waals surface area contributed by atoms with E-state index in [9.17, 15) is 17.3 Å². The Balaban J connectivity index is 0.00000242. The van der Waals surface area contributed by atoms with Gasteiger partial charge in [0.05, 0.1) is 5.75 Å². The molecule has 0 saturated heterocycles. The maximum absolute atomic E-state index is 13.0. The SMILES string of the molecule is Fc1ccc(OCc2cc(Cl)ccc2Cl)c([B-](F)(F)F)c1.[K+]. The van der Waals surface area contributed by atoms with Crippen LogP contribution >= 0.6 is 23.2 Å². The van der Waals surface area contributed by atoms with Crippen LogP contribution in [-0.4, -0.2) is 6.98 Å². The average molecular weight is 377 g/mol. The smallest absolute Gasteiger partial charge is 0.492 e. The van der Waals surface area contributed by atoms with Crippen LogP contribution in [0, 0.1) is 5.82 Å². The van der Waals surface area contributed by atoms with E-state index in [2.05, 4.69) is 0 Å². The minimum Gasteiger partial charge on any atom is -0.492 e. The quantitative estimate of drug-likeness (QED) is 0.583. The van der Waals surface area contributed by atoms with E-state index >= 15 is 0 Å². The van der Waals surface area contributed by atoms with Crippen molar-refractivity contribution in [3.05, 3.63) is 57.8 Å². The van der Waals surface area contributed by atoms with Crippen molar-refractivity contribution in [2.24, 2.45) is 0 Å². The maximum atomic E-state index is 13.0. The summed E-state index contributed by atoms with van der Waals surface area (Å²) in [5.41, 5.74) is -0.678. The molecule has 0 amide bonds. The average Bonchev–Trinajstić information content (AvgIpc) is 2.40. The molecule has 9 heteroatoms. The number of hydrogen-bond donors (Lipinski definition) is 0. The molecule has 0 N–H and O–H groups in total. The van der Waals surface area contributed by atoms with E-state index in [1.807, 2.05) is 0 Å². The zero-order valence-corrected chi connectivity index (χ0v) is 16.1. The summed E-state index contributed by atoms with van der Waals surface area (Å²) in [4.78, 5) is 0. The Morgan fingerprint density at radius 3 is 2.32 bits per heavy atom. The molecule has 0 radical (unpaired) electrons. The van der Waals surface area contributed by atoms with Gasteiger partial charge >= 0.3 is 58.4 Å². The van der Waals surface area contributed by atoms with Crippen LogP contribution in [0.1, 0.15) is 5.56 Å². The molecule has 1 nitrogen and oxygen atoms in total. The van der Waals surface area contributed by atoms with E-state index in [-0.39, 0.29) is 58.0 Å². The molecule has 0 bridgehead atoms. The van der Waals surface area contributed by atoms with Crippen LogP contribution in [0.2, 0.25) is 10.0 Å². The van der Waals surface area contributed by atoms with Gasteiger partial charge in [-0.1, -0.05) is 28.7 Å². The van der Waals surface area contributed by atoms with Gasteiger partial charge < -0.3 is 17.7 Å². The van der Waals surface area contributed by atoms with Crippen molar-refractivity contribution in [2.75, 3.05) is 0 Å². The van der Waals surface area contributed by atoms with Gasteiger partial charge in [-0.15, -0.1) is 0 Å². The largest absolute Gasteiger partial charge is 1.00 e. The number of ether oxygens (including phenoxy) is 1. The van der Waals surface area contributed by atoms with Crippen molar-refractivity contribution < 1.29 is 73.5 Å². The van der Waals surface area contributed by atoms with Crippen LogP contribution in [0.25, 0.3) is 0 Å². The first kappa shape index (κ1) is 20.3. The Morgan fingerprint density at radius 2 is 1.68 bits per heavy atom. The van der Waals surface area contributed by atoms with Gasteiger partial charge in [0.25, 0.3) is 0 Å². The van der Waals surface area contributed by atoms with Crippen LogP contribution in [0.5, 0.6) is 5.75 Å². The molecule has 22 heavy (non-hydrogen) atoms. The topological polar surface area (TPSA) is 9.23 Å².